The van der Waals surface area contributed by atoms with E-state index in [1.807, 2.05) is 0 Å². The molecule has 2 amide bonds. The van der Waals surface area contributed by atoms with Crippen molar-refractivity contribution in [2.75, 3.05) is 26.2 Å². The first-order valence-corrected chi connectivity index (χ1v) is 4.48. The van der Waals surface area contributed by atoms with Crippen LogP contribution in [0.3, 0.4) is 0 Å². The Morgan fingerprint density at radius 2 is 1.93 bits per heavy atom. The number of hydrogen-bond acceptors (Lipinski definition) is 2. The molecule has 0 saturated carbocycles. The van der Waals surface area contributed by atoms with Crippen molar-refractivity contribution in [3.05, 3.63) is 0 Å². The number of nitrogens with zero attached hydrogens (tertiary/aromatic N) is 1. The molecule has 0 aromatic heterocycles. The van der Waals surface area contributed by atoms with Crippen molar-refractivity contribution in [2.45, 2.75) is 19.8 Å². The second kappa shape index (κ2) is 5.74. The van der Waals surface area contributed by atoms with Gasteiger partial charge in [0.2, 0.25) is 0 Å². The number of amides is 2. The minimum Gasteiger partial charge on any atom is -0.390 e. The second-order valence-corrected chi connectivity index (χ2v) is 2.85. The first-order chi connectivity index (χ1) is 6.46. The molecule has 0 aromatic rings. The van der Waals surface area contributed by atoms with Crippen LogP contribution in [0.5, 0.6) is 0 Å². The minimum atomic E-state index is -3.25. The number of halogens is 2. The number of carbonyl (C=O) groups excluding carboxylic acids is 1. The van der Waals surface area contributed by atoms with E-state index >= 15 is 0 Å². The van der Waals surface area contributed by atoms with E-state index in [2.05, 4.69) is 5.32 Å². The highest BCUT2D eigenvalue weighted by Crippen LogP contribution is 2.09. The predicted molar refractivity (Wildman–Crippen MR) is 48.4 cm³/mol. The lowest BCUT2D eigenvalue weighted by Crippen LogP contribution is -2.45. The molecule has 0 atom stereocenters. The Morgan fingerprint density at radius 1 is 1.43 bits per heavy atom. The molecule has 6 heteroatoms. The normalized spacial score (nSPS) is 11.2. The van der Waals surface area contributed by atoms with Gasteiger partial charge in [0.05, 0.1) is 6.54 Å². The number of alkyl halides is 2. The Morgan fingerprint density at radius 3 is 2.29 bits per heavy atom. The lowest BCUT2D eigenvalue weighted by Gasteiger charge is -2.21. The van der Waals surface area contributed by atoms with Gasteiger partial charge in [0, 0.05) is 13.1 Å². The third-order valence-corrected chi connectivity index (χ3v) is 1.78. The van der Waals surface area contributed by atoms with Crippen LogP contribution in [0.1, 0.15) is 13.8 Å². The maximum absolute atomic E-state index is 12.5. The Balaban J connectivity index is 3.95. The van der Waals surface area contributed by atoms with E-state index in [0.29, 0.717) is 13.1 Å². The maximum Gasteiger partial charge on any atom is 0.317 e. The van der Waals surface area contributed by atoms with Gasteiger partial charge in [-0.1, -0.05) is 0 Å². The van der Waals surface area contributed by atoms with Crippen LogP contribution < -0.4 is 5.32 Å². The van der Waals surface area contributed by atoms with Gasteiger partial charge in [-0.3, -0.25) is 0 Å². The molecule has 0 unspecified atom stereocenters. The van der Waals surface area contributed by atoms with Gasteiger partial charge in [0.1, 0.15) is 6.61 Å². The maximum atomic E-state index is 12.5. The molecular formula is C8H16F2N2O2. The first kappa shape index (κ1) is 13.1. The minimum absolute atomic E-state index is 0.465. The Bertz CT molecular complexity index is 184. The van der Waals surface area contributed by atoms with Crippen LogP contribution in [0.15, 0.2) is 0 Å². The van der Waals surface area contributed by atoms with E-state index < -0.39 is 25.1 Å². The Hall–Kier alpha value is -0.910. The molecule has 0 fully saturated rings. The van der Waals surface area contributed by atoms with Crippen molar-refractivity contribution >= 4 is 6.03 Å². The van der Waals surface area contributed by atoms with Crippen LogP contribution in [-0.4, -0.2) is 48.2 Å². The highest BCUT2D eigenvalue weighted by atomic mass is 19.3. The van der Waals surface area contributed by atoms with Crippen molar-refractivity contribution in [3.8, 4) is 0 Å². The molecule has 0 spiro atoms. The van der Waals surface area contributed by atoms with Crippen molar-refractivity contribution in [1.82, 2.24) is 10.2 Å². The Labute approximate surface area is 81.9 Å². The summed E-state index contributed by atoms with van der Waals surface area (Å²) in [6, 6.07) is -0.539. The molecule has 0 aliphatic rings. The zero-order valence-corrected chi connectivity index (χ0v) is 8.39. The number of hydrogen-bond donors (Lipinski definition) is 2. The van der Waals surface area contributed by atoms with Crippen molar-refractivity contribution in [3.63, 3.8) is 0 Å². The fourth-order valence-electron chi connectivity index (χ4n) is 0.883. The number of aliphatic hydroxyl groups excluding tert-OH is 1. The molecule has 0 aliphatic carbocycles. The molecule has 14 heavy (non-hydrogen) atoms. The topological polar surface area (TPSA) is 52.6 Å². The number of aliphatic hydroxyl groups is 1. The quantitative estimate of drug-likeness (QED) is 0.700. The fraction of sp³-hybridized carbons (Fsp3) is 0.875. The van der Waals surface area contributed by atoms with Crippen LogP contribution in [0.25, 0.3) is 0 Å². The fourth-order valence-corrected chi connectivity index (χ4v) is 0.883. The van der Waals surface area contributed by atoms with Crippen molar-refractivity contribution < 1.29 is 18.7 Å². The largest absolute Gasteiger partial charge is 0.390 e. The summed E-state index contributed by atoms with van der Waals surface area (Å²) in [6.45, 7) is 2.35. The third-order valence-electron chi connectivity index (χ3n) is 1.78. The van der Waals surface area contributed by atoms with Crippen LogP contribution >= 0.6 is 0 Å². The van der Waals surface area contributed by atoms with Gasteiger partial charge in [0.25, 0.3) is 5.92 Å². The van der Waals surface area contributed by atoms with Crippen LogP contribution in [0.2, 0.25) is 0 Å². The number of urea groups is 1. The number of rotatable bonds is 5. The third kappa shape index (κ3) is 4.36. The van der Waals surface area contributed by atoms with E-state index in [0.717, 1.165) is 0 Å². The molecule has 4 nitrogen and oxygen atoms in total. The molecular weight excluding hydrogens is 194 g/mol. The van der Waals surface area contributed by atoms with E-state index in [-0.39, 0.29) is 0 Å². The molecule has 0 saturated heterocycles. The van der Waals surface area contributed by atoms with Crippen molar-refractivity contribution in [1.29, 1.82) is 0 Å². The molecule has 0 radical (unpaired) electrons. The molecule has 84 valence electrons. The summed E-state index contributed by atoms with van der Waals surface area (Å²) in [6.07, 6.45) is 0. The second-order valence-electron chi connectivity index (χ2n) is 2.85. The lowest BCUT2D eigenvalue weighted by atomic mass is 10.3. The van der Waals surface area contributed by atoms with Gasteiger partial charge < -0.3 is 15.3 Å². The van der Waals surface area contributed by atoms with Gasteiger partial charge in [-0.15, -0.1) is 0 Å². The summed E-state index contributed by atoms with van der Waals surface area (Å²) >= 11 is 0. The summed E-state index contributed by atoms with van der Waals surface area (Å²) in [5.41, 5.74) is 0. The van der Waals surface area contributed by atoms with Crippen LogP contribution in [0, 0.1) is 0 Å². The van der Waals surface area contributed by atoms with E-state index in [9.17, 15) is 13.6 Å². The van der Waals surface area contributed by atoms with Gasteiger partial charge in [0.15, 0.2) is 0 Å². The summed E-state index contributed by atoms with van der Waals surface area (Å²) in [4.78, 5) is 12.6. The van der Waals surface area contributed by atoms with Gasteiger partial charge in [-0.2, -0.15) is 0 Å². The van der Waals surface area contributed by atoms with Gasteiger partial charge in [-0.05, 0) is 13.8 Å². The average Bonchev–Trinajstić information content (AvgIpc) is 2.17. The standard InChI is InChI=1S/C8H16F2N2O2/c1-3-12(4-2)7(14)11-5-8(9,10)6-13/h13H,3-6H2,1-2H3,(H,11,14). The molecule has 2 N–H and O–H groups in total. The zero-order valence-electron chi connectivity index (χ0n) is 8.39. The number of carbonyl (C=O) groups is 1. The smallest absolute Gasteiger partial charge is 0.317 e. The summed E-state index contributed by atoms with van der Waals surface area (Å²) in [5, 5.41) is 10.3. The predicted octanol–water partition coefficient (Wildman–Crippen LogP) is 0.665. The van der Waals surface area contributed by atoms with Gasteiger partial charge in [-0.25, -0.2) is 13.6 Å². The molecule has 0 rings (SSSR count). The average molecular weight is 210 g/mol. The van der Waals surface area contributed by atoms with E-state index in [1.165, 1.54) is 4.90 Å². The van der Waals surface area contributed by atoms with Crippen molar-refractivity contribution in [2.24, 2.45) is 0 Å². The summed E-state index contributed by atoms with van der Waals surface area (Å²) < 4.78 is 25.0. The highest BCUT2D eigenvalue weighted by Gasteiger charge is 2.28. The summed E-state index contributed by atoms with van der Waals surface area (Å²) in [7, 11) is 0. The Kier molecular flexibility index (Phi) is 5.37. The van der Waals surface area contributed by atoms with Crippen LogP contribution in [-0.2, 0) is 0 Å². The zero-order chi connectivity index (χ0) is 11.2. The highest BCUT2D eigenvalue weighted by molar-refractivity contribution is 5.74. The first-order valence-electron chi connectivity index (χ1n) is 4.48. The van der Waals surface area contributed by atoms with E-state index in [4.69, 9.17) is 5.11 Å². The summed E-state index contributed by atoms with van der Waals surface area (Å²) in [5.74, 6) is -3.25. The number of nitrogens with one attached hydrogen (secondary N) is 1. The van der Waals surface area contributed by atoms with Gasteiger partial charge >= 0.3 is 6.03 Å². The molecule has 0 heterocycles. The lowest BCUT2D eigenvalue weighted by molar-refractivity contribution is -0.0460. The molecule has 0 aromatic carbocycles. The molecule has 0 aliphatic heterocycles. The molecule has 0 bridgehead atoms. The monoisotopic (exact) mass is 210 g/mol. The SMILES string of the molecule is CCN(CC)C(=O)NCC(F)(F)CO. The van der Waals surface area contributed by atoms with Crippen LogP contribution in [0.4, 0.5) is 13.6 Å². The van der Waals surface area contributed by atoms with E-state index in [1.54, 1.807) is 13.8 Å².